The van der Waals surface area contributed by atoms with Crippen molar-refractivity contribution in [3.05, 3.63) is 18.6 Å². The number of hydrogen-bond acceptors (Lipinski definition) is 0. The number of halogens is 1. The van der Waals surface area contributed by atoms with Crippen LogP contribution >= 0.6 is 13.6 Å². The molecule has 0 saturated heterocycles. The van der Waals surface area contributed by atoms with E-state index in [0.717, 1.165) is 0 Å². The first-order valence-corrected chi connectivity index (χ1v) is 8.57. The van der Waals surface area contributed by atoms with Crippen molar-refractivity contribution in [3.8, 4) is 5.92 Å². The van der Waals surface area contributed by atoms with Gasteiger partial charge >= 0.3 is 30.0 Å². The van der Waals surface area contributed by atoms with Crippen molar-refractivity contribution in [1.82, 2.24) is 0 Å². The third kappa shape index (κ3) is 21.5. The van der Waals surface area contributed by atoms with Crippen LogP contribution in [0, 0.1) is 12.3 Å². The van der Waals surface area contributed by atoms with Crippen molar-refractivity contribution in [1.29, 1.82) is 0 Å². The van der Waals surface area contributed by atoms with Crippen molar-refractivity contribution >= 4 is 13.6 Å². The van der Waals surface area contributed by atoms with E-state index in [9.17, 15) is 0 Å². The molecule has 0 nitrogen and oxygen atoms in total. The number of allylic oxidation sites excluding steroid dienone is 1. The van der Waals surface area contributed by atoms with Gasteiger partial charge in [-0.15, -0.1) is 6.92 Å². The van der Waals surface area contributed by atoms with Crippen LogP contribution < -0.4 is 0 Å². The molecule has 0 atom stereocenters. The molecule has 0 spiro atoms. The van der Waals surface area contributed by atoms with Gasteiger partial charge in [0, 0.05) is 0 Å². The summed E-state index contributed by atoms with van der Waals surface area (Å²) in [7, 11) is 0. The first kappa shape index (κ1) is 10.4. The van der Waals surface area contributed by atoms with Crippen molar-refractivity contribution in [2.75, 3.05) is 0 Å². The SMILES string of the molecule is [C-]#CC(=C)C.[Zn+][Br]. The van der Waals surface area contributed by atoms with E-state index in [2.05, 4.69) is 26.1 Å². The maximum absolute atomic E-state index is 6.31. The van der Waals surface area contributed by atoms with Crippen molar-refractivity contribution < 1.29 is 16.3 Å². The molecule has 0 rings (SSSR count). The molecule has 0 aromatic carbocycles. The average Bonchev–Trinajstić information content (AvgIpc) is 1.73. The molecule has 7 heavy (non-hydrogen) atoms. The molecule has 0 N–H and O–H groups in total. The Morgan fingerprint density at radius 3 is 2.00 bits per heavy atom. The first-order valence-electron chi connectivity index (χ1n) is 1.62. The van der Waals surface area contributed by atoms with Crippen molar-refractivity contribution in [2.24, 2.45) is 0 Å². The molecular formula is C5H5BrZn. The zero-order valence-corrected chi connectivity index (χ0v) is 8.85. The quantitative estimate of drug-likeness (QED) is 0.326. The molecule has 0 unspecified atom stereocenters. The fourth-order valence-corrected chi connectivity index (χ4v) is 0. The van der Waals surface area contributed by atoms with E-state index in [1.807, 2.05) is 0 Å². The van der Waals surface area contributed by atoms with E-state index in [1.54, 1.807) is 6.92 Å². The van der Waals surface area contributed by atoms with E-state index in [4.69, 9.17) is 6.42 Å². The van der Waals surface area contributed by atoms with Gasteiger partial charge in [-0.25, -0.2) is 0 Å². The van der Waals surface area contributed by atoms with Crippen LogP contribution in [-0.2, 0) is 16.3 Å². The zero-order chi connectivity index (χ0) is 6.28. The van der Waals surface area contributed by atoms with Crippen LogP contribution in [0.3, 0.4) is 0 Å². The molecule has 0 saturated carbocycles. The van der Waals surface area contributed by atoms with Gasteiger partial charge in [-0.2, -0.15) is 12.2 Å². The molecule has 0 amide bonds. The Morgan fingerprint density at radius 1 is 1.86 bits per heavy atom. The molecule has 34 valence electrons. The normalized spacial score (nSPS) is 5.00. The molecule has 0 aromatic heterocycles. The zero-order valence-electron chi connectivity index (χ0n) is 4.29. The number of rotatable bonds is 0. The van der Waals surface area contributed by atoms with E-state index in [1.165, 1.54) is 16.3 Å². The van der Waals surface area contributed by atoms with E-state index >= 15 is 0 Å². The van der Waals surface area contributed by atoms with Crippen LogP contribution in [0.4, 0.5) is 0 Å². The monoisotopic (exact) mass is 208 g/mol. The predicted molar refractivity (Wildman–Crippen MR) is 30.9 cm³/mol. The van der Waals surface area contributed by atoms with Crippen LogP contribution in [0.1, 0.15) is 6.92 Å². The average molecular weight is 210 g/mol. The van der Waals surface area contributed by atoms with Crippen LogP contribution in [-0.4, -0.2) is 0 Å². The Balaban J connectivity index is 0. The van der Waals surface area contributed by atoms with Crippen molar-refractivity contribution in [3.63, 3.8) is 0 Å². The Kier molecular flexibility index (Phi) is 14.3. The van der Waals surface area contributed by atoms with Crippen LogP contribution in [0.15, 0.2) is 12.2 Å². The van der Waals surface area contributed by atoms with Gasteiger partial charge in [0.15, 0.2) is 0 Å². The van der Waals surface area contributed by atoms with Gasteiger partial charge in [0.25, 0.3) is 0 Å². The Labute approximate surface area is 61.4 Å². The summed E-state index contributed by atoms with van der Waals surface area (Å²) in [5.74, 6) is 2.08. The van der Waals surface area contributed by atoms with Gasteiger partial charge in [0.2, 0.25) is 0 Å². The second kappa shape index (κ2) is 9.64. The summed E-state index contributed by atoms with van der Waals surface area (Å²) in [5.41, 5.74) is 0.671. The maximum atomic E-state index is 6.31. The minimum atomic E-state index is 0.671. The molecule has 0 aromatic rings. The molecule has 0 aliphatic heterocycles. The molecule has 2 heteroatoms. The molecule has 0 aliphatic carbocycles. The molecule has 0 aliphatic rings. The second-order valence-electron chi connectivity index (χ2n) is 0.905. The molecule has 0 radical (unpaired) electrons. The van der Waals surface area contributed by atoms with Crippen LogP contribution in [0.25, 0.3) is 0 Å². The van der Waals surface area contributed by atoms with Gasteiger partial charge in [0.1, 0.15) is 0 Å². The van der Waals surface area contributed by atoms with E-state index in [0.29, 0.717) is 5.57 Å². The second-order valence-corrected chi connectivity index (χ2v) is 0.905. The van der Waals surface area contributed by atoms with Crippen LogP contribution in [0.5, 0.6) is 0 Å². The Hall–Kier alpha value is 0.403. The van der Waals surface area contributed by atoms with Gasteiger partial charge in [-0.05, 0) is 0 Å². The molecule has 0 heterocycles. The van der Waals surface area contributed by atoms with E-state index in [-0.39, 0.29) is 0 Å². The first-order chi connectivity index (χ1) is 3.27. The Morgan fingerprint density at radius 2 is 2.00 bits per heavy atom. The van der Waals surface area contributed by atoms with Crippen LogP contribution in [0.2, 0.25) is 0 Å². The third-order valence-electron chi connectivity index (χ3n) is 0.213. The van der Waals surface area contributed by atoms with Gasteiger partial charge < -0.3 is 6.42 Å². The third-order valence-corrected chi connectivity index (χ3v) is 0.213. The van der Waals surface area contributed by atoms with E-state index < -0.39 is 0 Å². The molecule has 0 fully saturated rings. The standard InChI is InChI=1S/C5H5.BrH.Zn/c1-4-5(2)3;;/h2H2,3H3;1H;/q-1;;+2/p-1. The predicted octanol–water partition coefficient (Wildman–Crippen LogP) is 2.00. The minimum absolute atomic E-state index is 0.671. The summed E-state index contributed by atoms with van der Waals surface area (Å²) < 4.78 is 0. The number of hydrogen-bond donors (Lipinski definition) is 0. The topological polar surface area (TPSA) is 0 Å². The summed E-state index contributed by atoms with van der Waals surface area (Å²) in [5, 5.41) is 0. The van der Waals surface area contributed by atoms with Gasteiger partial charge in [-0.3, -0.25) is 5.92 Å². The van der Waals surface area contributed by atoms with Gasteiger partial charge in [-0.1, -0.05) is 0 Å². The summed E-state index contributed by atoms with van der Waals surface area (Å²) >= 11 is 4.25. The molecular weight excluding hydrogens is 205 g/mol. The summed E-state index contributed by atoms with van der Waals surface area (Å²) in [6, 6.07) is 0. The Bertz CT molecular complexity index is 80.6. The molecule has 0 bridgehead atoms. The summed E-state index contributed by atoms with van der Waals surface area (Å²) in [6.45, 7) is 5.10. The fraction of sp³-hybridized carbons (Fsp3) is 0.200. The summed E-state index contributed by atoms with van der Waals surface area (Å²) in [6.07, 6.45) is 6.31. The summed E-state index contributed by atoms with van der Waals surface area (Å²) in [4.78, 5) is 0. The van der Waals surface area contributed by atoms with Crippen molar-refractivity contribution in [2.45, 2.75) is 6.92 Å². The van der Waals surface area contributed by atoms with Gasteiger partial charge in [0.05, 0.1) is 0 Å². The fourth-order valence-electron chi connectivity index (χ4n) is 0.